The summed E-state index contributed by atoms with van der Waals surface area (Å²) in [5.74, 6) is 1.76. The molecule has 9 rings (SSSR count). The molecular formula is C52H71N3O10. The second-order valence-corrected chi connectivity index (χ2v) is 19.3. The van der Waals surface area contributed by atoms with Crippen molar-refractivity contribution >= 4 is 11.6 Å². The van der Waals surface area contributed by atoms with Crippen LogP contribution in [0.25, 0.3) is 0 Å². The molecule has 13 heteroatoms. The molecule has 2 saturated carbocycles. The zero-order chi connectivity index (χ0) is 44.6. The fourth-order valence-electron chi connectivity index (χ4n) is 11.6. The Balaban J connectivity index is 1.20. The number of benzene rings is 2. The summed E-state index contributed by atoms with van der Waals surface area (Å²) in [5.41, 5.74) is 3.75. The maximum Gasteiger partial charge on any atom is 0.239 e. The van der Waals surface area contributed by atoms with E-state index in [4.69, 9.17) is 38.4 Å². The van der Waals surface area contributed by atoms with Gasteiger partial charge in [-0.25, -0.2) is 0 Å². The van der Waals surface area contributed by atoms with E-state index < -0.39 is 24.0 Å². The Kier molecular flexibility index (Phi) is 15.3. The molecule has 1 amide bonds. The topological polar surface area (TPSA) is 141 Å². The molecule has 2 aromatic carbocycles. The maximum atomic E-state index is 15.3. The molecule has 7 atom stereocenters. The van der Waals surface area contributed by atoms with Crippen LogP contribution in [-0.4, -0.2) is 109 Å². The predicted molar refractivity (Wildman–Crippen MR) is 246 cm³/mol. The van der Waals surface area contributed by atoms with E-state index in [1.54, 1.807) is 6.08 Å². The van der Waals surface area contributed by atoms with Crippen LogP contribution in [0.15, 0.2) is 65.9 Å². The first-order valence-electron chi connectivity index (χ1n) is 24.9. The molecule has 2 N–H and O–H groups in total. The monoisotopic (exact) mass is 898 g/mol. The first kappa shape index (κ1) is 46.0. The summed E-state index contributed by atoms with van der Waals surface area (Å²) in [6, 6.07) is 11.5. The smallest absolute Gasteiger partial charge is 0.239 e. The highest BCUT2D eigenvalue weighted by molar-refractivity contribution is 6.03. The highest BCUT2D eigenvalue weighted by Gasteiger charge is 2.65. The van der Waals surface area contributed by atoms with Gasteiger partial charge in [0, 0.05) is 70.1 Å². The normalized spacial score (nSPS) is 28.5. The lowest BCUT2D eigenvalue weighted by Gasteiger charge is -2.60. The molecule has 0 radical (unpaired) electrons. The molecule has 354 valence electrons. The second kappa shape index (κ2) is 21.7. The van der Waals surface area contributed by atoms with E-state index in [2.05, 4.69) is 23.6 Å². The lowest BCUT2D eigenvalue weighted by molar-refractivity contribution is -0.258. The third kappa shape index (κ3) is 10.5. The number of allylic oxidation sites excluding steroid dienone is 1. The van der Waals surface area contributed by atoms with E-state index in [9.17, 15) is 10.2 Å². The number of oxime groups is 1. The van der Waals surface area contributed by atoms with Crippen molar-refractivity contribution in [3.05, 3.63) is 71.8 Å². The van der Waals surface area contributed by atoms with Crippen molar-refractivity contribution in [3.63, 3.8) is 0 Å². The average molecular weight is 898 g/mol. The van der Waals surface area contributed by atoms with Gasteiger partial charge in [-0.3, -0.25) is 9.69 Å². The number of hydrogen-bond donors (Lipinski definition) is 2. The molecule has 0 aromatic heterocycles. The van der Waals surface area contributed by atoms with Crippen LogP contribution in [0, 0.1) is 23.7 Å². The van der Waals surface area contributed by atoms with Gasteiger partial charge in [-0.05, 0) is 104 Å². The van der Waals surface area contributed by atoms with Crippen LogP contribution in [0.1, 0.15) is 120 Å². The molecule has 0 spiro atoms. The molecule has 13 nitrogen and oxygen atoms in total. The SMILES string of the molecule is C=CCO[C@@]12Oc3ccc(OCCN4CC4)cc3[C@H]3[C@H](CCCCO)[C@@H](CCCCO)C=C(C(=NOC4CCCCO4)C[C@@H]1N(Cc1ccc4c(c1)OCO4)C(=O)CCC1CCCC1)[C@H]32. The highest BCUT2D eigenvalue weighted by atomic mass is 16.8. The Hall–Kier alpha value is -4.14. The van der Waals surface area contributed by atoms with E-state index in [1.807, 2.05) is 35.2 Å². The number of nitrogens with zero attached hydrogens (tertiary/aromatic N) is 3. The Morgan fingerprint density at radius 2 is 1.74 bits per heavy atom. The molecule has 2 aromatic rings. The van der Waals surface area contributed by atoms with E-state index in [1.165, 1.54) is 12.8 Å². The van der Waals surface area contributed by atoms with Crippen LogP contribution in [0.2, 0.25) is 0 Å². The Bertz CT molecular complexity index is 1990. The summed E-state index contributed by atoms with van der Waals surface area (Å²) < 4.78 is 38.9. The van der Waals surface area contributed by atoms with Gasteiger partial charge in [0.2, 0.25) is 24.8 Å². The summed E-state index contributed by atoms with van der Waals surface area (Å²) in [7, 11) is 0. The number of aliphatic hydroxyl groups is 2. The van der Waals surface area contributed by atoms with Crippen molar-refractivity contribution in [3.8, 4) is 23.0 Å². The minimum atomic E-state index is -1.36. The number of aliphatic hydroxyl groups excluding tert-OH is 2. The summed E-state index contributed by atoms with van der Waals surface area (Å²) in [4.78, 5) is 26.1. The van der Waals surface area contributed by atoms with Crippen LogP contribution in [0.5, 0.6) is 23.0 Å². The van der Waals surface area contributed by atoms with E-state index in [0.29, 0.717) is 62.9 Å². The molecule has 4 fully saturated rings. The molecule has 0 bridgehead atoms. The van der Waals surface area contributed by atoms with Gasteiger partial charge in [-0.1, -0.05) is 61.9 Å². The van der Waals surface area contributed by atoms with Gasteiger partial charge in [-0.2, -0.15) is 0 Å². The van der Waals surface area contributed by atoms with E-state index in [-0.39, 0.29) is 50.3 Å². The molecule has 2 saturated heterocycles. The number of carbonyl (C=O) groups is 1. The standard InChI is InChI=1S/C52H71N3O10/c1-2-27-63-52-47(55(48(58)21-17-36-11-3-4-12-36)34-37-16-19-45-46(30-37)62-35-61-45)33-43(53-65-49-15-7-10-28-60-49)41-31-38(13-5-8-25-56)40(14-6-9-26-57)50(51(41)52)42-32-39(18-20-44(42)64-52)59-29-24-54-22-23-54/h2,16,18-20,30-32,36,38,40,47,49-51,56-57H,1,3-15,17,21-29,33-35H2/t38-,40+,47-,49?,50+,51+,52+/m0/s1. The van der Waals surface area contributed by atoms with Gasteiger partial charge >= 0.3 is 0 Å². The fraction of sp³-hybridized carbons (Fsp3) is 0.654. The first-order chi connectivity index (χ1) is 32.0. The van der Waals surface area contributed by atoms with E-state index in [0.717, 1.165) is 118 Å². The van der Waals surface area contributed by atoms with Crippen LogP contribution in [0.3, 0.4) is 0 Å². The number of unbranched alkanes of at least 4 members (excludes halogenated alkanes) is 2. The molecule has 4 heterocycles. The van der Waals surface area contributed by atoms with Crippen LogP contribution in [0.4, 0.5) is 0 Å². The number of amides is 1. The summed E-state index contributed by atoms with van der Waals surface area (Å²) in [5, 5.41) is 25.1. The fourth-order valence-corrected chi connectivity index (χ4v) is 11.6. The van der Waals surface area contributed by atoms with Gasteiger partial charge in [0.05, 0.1) is 24.8 Å². The van der Waals surface area contributed by atoms with Crippen molar-refractivity contribution in [1.82, 2.24) is 9.80 Å². The lowest BCUT2D eigenvalue weighted by Crippen LogP contribution is -2.70. The molecule has 65 heavy (non-hydrogen) atoms. The van der Waals surface area contributed by atoms with E-state index >= 15 is 4.79 Å². The van der Waals surface area contributed by atoms with Crippen molar-refractivity contribution in [1.29, 1.82) is 0 Å². The van der Waals surface area contributed by atoms with Gasteiger partial charge in [0.1, 0.15) is 24.1 Å². The number of ether oxygens (including phenoxy) is 6. The van der Waals surface area contributed by atoms with Gasteiger partial charge < -0.3 is 48.4 Å². The Morgan fingerprint density at radius 1 is 0.938 bits per heavy atom. The Morgan fingerprint density at radius 3 is 2.52 bits per heavy atom. The minimum absolute atomic E-state index is 0.0442. The zero-order valence-electron chi connectivity index (χ0n) is 38.3. The first-order valence-corrected chi connectivity index (χ1v) is 24.9. The highest BCUT2D eigenvalue weighted by Crippen LogP contribution is 2.62. The zero-order valence-corrected chi connectivity index (χ0v) is 38.3. The summed E-state index contributed by atoms with van der Waals surface area (Å²) in [6.45, 7) is 9.33. The maximum absolute atomic E-state index is 15.3. The van der Waals surface area contributed by atoms with Gasteiger partial charge in [-0.15, -0.1) is 6.58 Å². The molecule has 3 aliphatic carbocycles. The quantitative estimate of drug-likeness (QED) is 0.0482. The molecular weight excluding hydrogens is 827 g/mol. The molecule has 7 aliphatic rings. The van der Waals surface area contributed by atoms with Crippen LogP contribution < -0.4 is 18.9 Å². The Labute approximate surface area is 385 Å². The lowest BCUT2D eigenvalue weighted by atomic mass is 9.55. The number of hydrogen-bond acceptors (Lipinski definition) is 12. The summed E-state index contributed by atoms with van der Waals surface area (Å²) >= 11 is 0. The minimum Gasteiger partial charge on any atom is -0.492 e. The van der Waals surface area contributed by atoms with Crippen molar-refractivity contribution < 1.29 is 48.3 Å². The summed E-state index contributed by atoms with van der Waals surface area (Å²) in [6.07, 6.45) is 17.6. The van der Waals surface area contributed by atoms with Crippen LogP contribution >= 0.6 is 0 Å². The number of rotatable bonds is 23. The van der Waals surface area contributed by atoms with Crippen molar-refractivity contribution in [2.24, 2.45) is 28.8 Å². The number of carbonyl (C=O) groups excluding carboxylic acids is 1. The second-order valence-electron chi connectivity index (χ2n) is 19.3. The largest absolute Gasteiger partial charge is 0.492 e. The number of fused-ring (bicyclic) bond motifs is 3. The molecule has 4 aliphatic heterocycles. The average Bonchev–Trinajstić information content (AvgIpc) is 3.77. The third-order valence-corrected chi connectivity index (χ3v) is 15.0. The van der Waals surface area contributed by atoms with Gasteiger partial charge in [0.15, 0.2) is 11.5 Å². The molecule has 1 unspecified atom stereocenters. The third-order valence-electron chi connectivity index (χ3n) is 15.0. The van der Waals surface area contributed by atoms with Crippen molar-refractivity contribution in [2.45, 2.75) is 133 Å². The van der Waals surface area contributed by atoms with Crippen LogP contribution in [-0.2, 0) is 25.7 Å². The van der Waals surface area contributed by atoms with Gasteiger partial charge in [0.25, 0.3) is 0 Å². The predicted octanol–water partition coefficient (Wildman–Crippen LogP) is 8.27. The van der Waals surface area contributed by atoms with Crippen molar-refractivity contribution in [2.75, 3.05) is 59.5 Å².